The normalized spacial score (nSPS) is 45.8. The van der Waals surface area contributed by atoms with Gasteiger partial charge in [-0.2, -0.15) is 0 Å². The highest BCUT2D eigenvalue weighted by Crippen LogP contribution is 2.74. The van der Waals surface area contributed by atoms with Crippen LogP contribution < -0.4 is 5.73 Å². The summed E-state index contributed by atoms with van der Waals surface area (Å²) in [4.78, 5) is 10.7. The van der Waals surface area contributed by atoms with E-state index in [1.165, 1.54) is 0 Å². The number of carboxylic acids is 1. The van der Waals surface area contributed by atoms with Crippen LogP contribution in [-0.2, 0) is 4.79 Å². The fraction of sp³-hybridized carbons (Fsp3) is 0.875. The number of hydrogen-bond donors (Lipinski definition) is 3. The molecule has 4 N–H and O–H groups in total. The van der Waals surface area contributed by atoms with Crippen LogP contribution in [0.2, 0.25) is 0 Å². The summed E-state index contributed by atoms with van der Waals surface area (Å²) >= 11 is 0. The van der Waals surface area contributed by atoms with Crippen LogP contribution in [0.5, 0.6) is 0 Å². The topological polar surface area (TPSA) is 83.5 Å². The van der Waals surface area contributed by atoms with Gasteiger partial charge >= 0.3 is 5.97 Å². The standard InChI is InChI=1S/C8H13NO3/c9-1-5(10)7-2-8(3-7,4-7)6(11)12/h5,10H,1-4,9H2,(H,11,12). The molecular formula is C8H13NO3. The molecule has 3 saturated carbocycles. The summed E-state index contributed by atoms with van der Waals surface area (Å²) in [5.74, 6) is -0.714. The van der Waals surface area contributed by atoms with Gasteiger partial charge in [0.25, 0.3) is 0 Å². The Hall–Kier alpha value is -0.610. The van der Waals surface area contributed by atoms with Crippen molar-refractivity contribution >= 4 is 5.97 Å². The lowest BCUT2D eigenvalue weighted by Gasteiger charge is -2.69. The monoisotopic (exact) mass is 171 g/mol. The maximum Gasteiger partial charge on any atom is 0.309 e. The Balaban J connectivity index is 1.99. The average molecular weight is 171 g/mol. The number of carbonyl (C=O) groups is 1. The number of aliphatic hydroxyl groups is 1. The largest absolute Gasteiger partial charge is 0.481 e. The van der Waals surface area contributed by atoms with Gasteiger partial charge in [-0.05, 0) is 19.3 Å². The number of nitrogens with two attached hydrogens (primary N) is 1. The van der Waals surface area contributed by atoms with E-state index >= 15 is 0 Å². The first-order valence-electron chi connectivity index (χ1n) is 4.16. The highest BCUT2D eigenvalue weighted by molar-refractivity contribution is 5.79. The molecule has 1 unspecified atom stereocenters. The molecule has 1 atom stereocenters. The van der Waals surface area contributed by atoms with E-state index in [-0.39, 0.29) is 12.0 Å². The van der Waals surface area contributed by atoms with E-state index in [4.69, 9.17) is 10.8 Å². The Bertz CT molecular complexity index is 219. The SMILES string of the molecule is NCC(O)C12CC(C(=O)O)(C1)C2. The Morgan fingerprint density at radius 1 is 1.50 bits per heavy atom. The molecule has 4 nitrogen and oxygen atoms in total. The first-order valence-corrected chi connectivity index (χ1v) is 4.16. The smallest absolute Gasteiger partial charge is 0.309 e. The van der Waals surface area contributed by atoms with Gasteiger partial charge in [-0.1, -0.05) is 0 Å². The molecule has 0 aliphatic heterocycles. The molecule has 0 saturated heterocycles. The maximum atomic E-state index is 10.7. The highest BCUT2D eigenvalue weighted by atomic mass is 16.4. The van der Waals surface area contributed by atoms with Gasteiger partial charge in [0, 0.05) is 12.0 Å². The summed E-state index contributed by atoms with van der Waals surface area (Å²) in [7, 11) is 0. The Morgan fingerprint density at radius 3 is 2.33 bits per heavy atom. The molecule has 0 aromatic heterocycles. The quantitative estimate of drug-likeness (QED) is 0.537. The van der Waals surface area contributed by atoms with Crippen molar-refractivity contribution in [2.75, 3.05) is 6.54 Å². The van der Waals surface area contributed by atoms with Gasteiger partial charge in [0.1, 0.15) is 0 Å². The molecule has 0 aromatic carbocycles. The molecule has 0 amide bonds. The third kappa shape index (κ3) is 0.671. The molecule has 0 spiro atoms. The van der Waals surface area contributed by atoms with Crippen LogP contribution in [0.25, 0.3) is 0 Å². The molecular weight excluding hydrogens is 158 g/mol. The van der Waals surface area contributed by atoms with Gasteiger partial charge in [-0.15, -0.1) is 0 Å². The molecule has 0 radical (unpaired) electrons. The van der Waals surface area contributed by atoms with E-state index < -0.39 is 17.5 Å². The van der Waals surface area contributed by atoms with Crippen molar-refractivity contribution in [3.8, 4) is 0 Å². The molecule has 3 aliphatic carbocycles. The number of hydrogen-bond acceptors (Lipinski definition) is 3. The fourth-order valence-corrected chi connectivity index (χ4v) is 2.70. The molecule has 4 heteroatoms. The lowest BCUT2D eigenvalue weighted by atomic mass is 9.33. The van der Waals surface area contributed by atoms with Crippen molar-refractivity contribution in [2.45, 2.75) is 25.4 Å². The zero-order valence-electron chi connectivity index (χ0n) is 6.79. The van der Waals surface area contributed by atoms with Crippen LogP contribution in [-0.4, -0.2) is 28.8 Å². The van der Waals surface area contributed by atoms with Gasteiger partial charge in [0.15, 0.2) is 0 Å². The molecule has 3 rings (SSSR count). The first-order chi connectivity index (χ1) is 5.55. The molecule has 2 bridgehead atoms. The first kappa shape index (κ1) is 8.01. The fourth-order valence-electron chi connectivity index (χ4n) is 2.70. The Morgan fingerprint density at radius 2 is 2.00 bits per heavy atom. The second-order valence-electron chi connectivity index (χ2n) is 4.23. The number of aliphatic carboxylic acids is 1. The zero-order chi connectivity index (χ0) is 8.98. The predicted octanol–water partition coefficient (Wildman–Crippen LogP) is -0.439. The second kappa shape index (κ2) is 2.00. The van der Waals surface area contributed by atoms with E-state index in [2.05, 4.69) is 0 Å². The van der Waals surface area contributed by atoms with Gasteiger partial charge in [-0.25, -0.2) is 0 Å². The van der Waals surface area contributed by atoms with Crippen molar-refractivity contribution in [3.63, 3.8) is 0 Å². The van der Waals surface area contributed by atoms with E-state index in [9.17, 15) is 9.90 Å². The summed E-state index contributed by atoms with van der Waals surface area (Å²) in [6, 6.07) is 0. The zero-order valence-corrected chi connectivity index (χ0v) is 6.79. The highest BCUT2D eigenvalue weighted by Gasteiger charge is 2.73. The lowest BCUT2D eigenvalue weighted by molar-refractivity contribution is -0.254. The number of aliphatic hydroxyl groups excluding tert-OH is 1. The average Bonchev–Trinajstić information content (AvgIpc) is 1.80. The van der Waals surface area contributed by atoms with Gasteiger partial charge in [0.05, 0.1) is 11.5 Å². The summed E-state index contributed by atoms with van der Waals surface area (Å²) in [5.41, 5.74) is 4.69. The molecule has 3 aliphatic rings. The Kier molecular flexibility index (Phi) is 1.34. The predicted molar refractivity (Wildman–Crippen MR) is 41.4 cm³/mol. The van der Waals surface area contributed by atoms with Crippen LogP contribution in [0.15, 0.2) is 0 Å². The van der Waals surface area contributed by atoms with E-state index in [0.717, 1.165) is 0 Å². The Labute approximate surface area is 70.4 Å². The van der Waals surface area contributed by atoms with Crippen molar-refractivity contribution in [1.82, 2.24) is 0 Å². The maximum absolute atomic E-state index is 10.7. The van der Waals surface area contributed by atoms with E-state index in [0.29, 0.717) is 19.3 Å². The summed E-state index contributed by atoms with van der Waals surface area (Å²) in [6.07, 6.45) is 1.36. The minimum absolute atomic E-state index is 0.132. The second-order valence-corrected chi connectivity index (χ2v) is 4.23. The van der Waals surface area contributed by atoms with Crippen LogP contribution in [0.3, 0.4) is 0 Å². The van der Waals surface area contributed by atoms with Crippen LogP contribution >= 0.6 is 0 Å². The van der Waals surface area contributed by atoms with Crippen molar-refractivity contribution in [3.05, 3.63) is 0 Å². The van der Waals surface area contributed by atoms with Gasteiger partial charge < -0.3 is 15.9 Å². The third-order valence-corrected chi connectivity index (χ3v) is 3.46. The number of rotatable bonds is 3. The van der Waals surface area contributed by atoms with E-state index in [1.807, 2.05) is 0 Å². The van der Waals surface area contributed by atoms with Crippen molar-refractivity contribution in [2.24, 2.45) is 16.6 Å². The minimum Gasteiger partial charge on any atom is -0.481 e. The van der Waals surface area contributed by atoms with Crippen LogP contribution in [0.1, 0.15) is 19.3 Å². The molecule has 12 heavy (non-hydrogen) atoms. The van der Waals surface area contributed by atoms with E-state index in [1.54, 1.807) is 0 Å². The molecule has 0 heterocycles. The summed E-state index contributed by atoms with van der Waals surface area (Å²) in [5, 5.41) is 18.2. The van der Waals surface area contributed by atoms with Crippen LogP contribution in [0, 0.1) is 10.8 Å². The molecule has 68 valence electrons. The van der Waals surface area contributed by atoms with Gasteiger partial charge in [-0.3, -0.25) is 4.79 Å². The number of carboxylic acid groups (broad SMARTS) is 1. The molecule has 0 aromatic rings. The van der Waals surface area contributed by atoms with Gasteiger partial charge in [0.2, 0.25) is 0 Å². The minimum atomic E-state index is -0.714. The summed E-state index contributed by atoms with van der Waals surface area (Å²) < 4.78 is 0. The van der Waals surface area contributed by atoms with Crippen LogP contribution in [0.4, 0.5) is 0 Å². The van der Waals surface area contributed by atoms with Crippen molar-refractivity contribution in [1.29, 1.82) is 0 Å². The van der Waals surface area contributed by atoms with Crippen molar-refractivity contribution < 1.29 is 15.0 Å². The molecule has 3 fully saturated rings. The lowest BCUT2D eigenvalue weighted by Crippen LogP contribution is -2.70. The third-order valence-electron chi connectivity index (χ3n) is 3.46. The summed E-state index contributed by atoms with van der Waals surface area (Å²) in [6.45, 7) is 0.246.